The topological polar surface area (TPSA) is 154 Å². The van der Waals surface area contributed by atoms with Gasteiger partial charge in [0, 0.05) is 30.9 Å². The van der Waals surface area contributed by atoms with Crippen molar-refractivity contribution in [1.82, 2.24) is 19.6 Å². The van der Waals surface area contributed by atoms with E-state index in [0.717, 1.165) is 0 Å². The van der Waals surface area contributed by atoms with Crippen molar-refractivity contribution in [3.63, 3.8) is 0 Å². The molecule has 32 heavy (non-hydrogen) atoms. The third-order valence-electron chi connectivity index (χ3n) is 4.24. The number of nitrogens with one attached hydrogen (secondary N) is 1. The third-order valence-corrected chi connectivity index (χ3v) is 4.24. The minimum Gasteiger partial charge on any atom is -1.00 e. The van der Waals surface area contributed by atoms with Crippen molar-refractivity contribution in [2.75, 3.05) is 18.5 Å². The second-order valence-corrected chi connectivity index (χ2v) is 6.68. The molecular weight excluding hydrogens is 411 g/mol. The number of carbonyl (C=O) groups excluding carboxylic acids is 1. The van der Waals surface area contributed by atoms with Crippen molar-refractivity contribution in [1.29, 1.82) is 0 Å². The number of amides is 1. The molecule has 0 unspecified atom stereocenters. The zero-order valence-corrected chi connectivity index (χ0v) is 17.8. The molecule has 164 valence electrons. The maximum absolute atomic E-state index is 12.6. The number of carboxylic acid groups (broad SMARTS) is 1. The van der Waals surface area contributed by atoms with E-state index in [1.54, 1.807) is 31.3 Å². The molecule has 4 N–H and O–H groups in total. The van der Waals surface area contributed by atoms with Crippen LogP contribution in [0.25, 0.3) is 0 Å². The number of rotatable bonds is 9. The number of benzene rings is 1. The van der Waals surface area contributed by atoms with Crippen molar-refractivity contribution < 1.29 is 39.7 Å². The molecule has 0 aliphatic rings. The summed E-state index contributed by atoms with van der Waals surface area (Å²) in [5.41, 5.74) is 5.91. The Kier molecular flexibility index (Phi) is 8.78. The molecule has 0 aliphatic heterocycles. The monoisotopic (exact) mass is 434 g/mol. The molecule has 0 fully saturated rings. The molecule has 3 rings (SSSR count). The van der Waals surface area contributed by atoms with E-state index >= 15 is 0 Å². The molecule has 12 heteroatoms. The first-order chi connectivity index (χ1) is 14.9. The Morgan fingerprint density at radius 1 is 1.25 bits per heavy atom. The van der Waals surface area contributed by atoms with Gasteiger partial charge in [0.15, 0.2) is 5.69 Å². The van der Waals surface area contributed by atoms with Gasteiger partial charge in [-0.2, -0.15) is 5.10 Å². The Labute approximate surface area is 196 Å². The van der Waals surface area contributed by atoms with Crippen molar-refractivity contribution >= 4 is 17.6 Å². The number of ether oxygens (including phenoxy) is 1. The number of carbonyl (C=O) groups is 2. The van der Waals surface area contributed by atoms with Gasteiger partial charge in [-0.15, -0.1) is 5.10 Å². The normalized spacial score (nSPS) is 10.3. The van der Waals surface area contributed by atoms with Crippen molar-refractivity contribution in [3.05, 3.63) is 69.8 Å². The van der Waals surface area contributed by atoms with Crippen molar-refractivity contribution in [3.8, 4) is 5.88 Å². The molecule has 11 nitrogen and oxygen atoms in total. The van der Waals surface area contributed by atoms with Crippen LogP contribution in [0.2, 0.25) is 0 Å². The summed E-state index contributed by atoms with van der Waals surface area (Å²) in [5, 5.41) is 19.7. The number of aryl methyl sites for hydroxylation is 1. The van der Waals surface area contributed by atoms with Crippen LogP contribution in [-0.4, -0.2) is 49.7 Å². The van der Waals surface area contributed by atoms with Gasteiger partial charge in [0.25, 0.3) is 11.5 Å². The number of anilines is 1. The average molecular weight is 434 g/mol. The number of hydrogen-bond donors (Lipinski definition) is 3. The molecule has 2 heterocycles. The number of nitrogens with two attached hydrogens (primary N) is 1. The van der Waals surface area contributed by atoms with E-state index in [4.69, 9.17) is 10.5 Å². The first-order valence-electron chi connectivity index (χ1n) is 9.45. The summed E-state index contributed by atoms with van der Waals surface area (Å²) in [5.74, 6) is -1.44. The summed E-state index contributed by atoms with van der Waals surface area (Å²) < 4.78 is 8.01. The first-order valence-corrected chi connectivity index (χ1v) is 9.45. The fraction of sp³-hybridized carbons (Fsp3) is 0.250. The first kappa shape index (κ1) is 24.9. The van der Waals surface area contributed by atoms with Gasteiger partial charge in [0.2, 0.25) is 5.88 Å². The maximum atomic E-state index is 12.6. The van der Waals surface area contributed by atoms with Gasteiger partial charge in [-0.05, 0) is 30.7 Å². The summed E-state index contributed by atoms with van der Waals surface area (Å²) in [7, 11) is 1.56. The number of aromatic nitrogens is 4. The second-order valence-electron chi connectivity index (χ2n) is 6.68. The van der Waals surface area contributed by atoms with E-state index in [2.05, 4.69) is 15.5 Å². The van der Waals surface area contributed by atoms with Gasteiger partial charge in [-0.1, -0.05) is 12.1 Å². The van der Waals surface area contributed by atoms with Crippen LogP contribution in [0.1, 0.15) is 34.3 Å². The SMILES string of the molecule is Cn1cc(NC(=O)c2cccc(Cn3nc(OCCCN)ccc3=O)c2)c(C(=O)O)n1.[H-].[Li+]. The average Bonchev–Trinajstić information content (AvgIpc) is 3.11. The quantitative estimate of drug-likeness (QED) is 0.254. The minimum atomic E-state index is -1.25. The summed E-state index contributed by atoms with van der Waals surface area (Å²) >= 11 is 0. The zero-order valence-electron chi connectivity index (χ0n) is 18.8. The molecule has 0 saturated carbocycles. The van der Waals surface area contributed by atoms with Gasteiger partial charge in [-0.3, -0.25) is 14.3 Å². The predicted molar refractivity (Wildman–Crippen MR) is 112 cm³/mol. The Bertz CT molecular complexity index is 1170. The van der Waals surface area contributed by atoms with Crippen LogP contribution < -0.4 is 40.2 Å². The van der Waals surface area contributed by atoms with Crippen LogP contribution in [0.3, 0.4) is 0 Å². The number of hydrogen-bond acceptors (Lipinski definition) is 7. The van der Waals surface area contributed by atoms with E-state index in [9.17, 15) is 19.5 Å². The Morgan fingerprint density at radius 3 is 2.75 bits per heavy atom. The van der Waals surface area contributed by atoms with E-state index in [-0.39, 0.29) is 43.8 Å². The minimum absolute atomic E-state index is 0. The summed E-state index contributed by atoms with van der Waals surface area (Å²) in [6.07, 6.45) is 2.07. The van der Waals surface area contributed by atoms with Gasteiger partial charge < -0.3 is 22.3 Å². The number of nitrogens with zero attached hydrogens (tertiary/aromatic N) is 4. The van der Waals surface area contributed by atoms with Crippen LogP contribution in [-0.2, 0) is 13.6 Å². The fourth-order valence-corrected chi connectivity index (χ4v) is 2.80. The van der Waals surface area contributed by atoms with Crippen LogP contribution >= 0.6 is 0 Å². The molecule has 2 aromatic heterocycles. The van der Waals surface area contributed by atoms with Crippen LogP contribution in [0.15, 0.2) is 47.4 Å². The van der Waals surface area contributed by atoms with Gasteiger partial charge in [-0.25, -0.2) is 9.48 Å². The second kappa shape index (κ2) is 11.3. The molecule has 0 saturated heterocycles. The van der Waals surface area contributed by atoms with E-state index in [0.29, 0.717) is 36.6 Å². The Hall–Kier alpha value is -3.39. The zero-order chi connectivity index (χ0) is 22.4. The molecule has 0 bridgehead atoms. The van der Waals surface area contributed by atoms with Gasteiger partial charge in [0.1, 0.15) is 0 Å². The molecule has 0 spiro atoms. The summed E-state index contributed by atoms with van der Waals surface area (Å²) in [6.45, 7) is 1.01. The van der Waals surface area contributed by atoms with Gasteiger partial charge in [0.05, 0.1) is 18.8 Å². The molecule has 0 radical (unpaired) electrons. The molecular formula is C20H23LiN6O5. The van der Waals surface area contributed by atoms with Gasteiger partial charge >= 0.3 is 24.8 Å². The molecule has 1 amide bonds. The summed E-state index contributed by atoms with van der Waals surface area (Å²) in [4.78, 5) is 36.0. The van der Waals surface area contributed by atoms with Crippen molar-refractivity contribution in [2.24, 2.45) is 12.8 Å². The predicted octanol–water partition coefficient (Wildman–Crippen LogP) is -2.18. The molecule has 0 aliphatic carbocycles. The summed E-state index contributed by atoms with van der Waals surface area (Å²) in [6, 6.07) is 9.45. The molecule has 3 aromatic rings. The fourth-order valence-electron chi connectivity index (χ4n) is 2.80. The van der Waals surface area contributed by atoms with Crippen LogP contribution in [0.4, 0.5) is 5.69 Å². The van der Waals surface area contributed by atoms with E-state index in [1.807, 2.05) is 0 Å². The van der Waals surface area contributed by atoms with Crippen molar-refractivity contribution in [2.45, 2.75) is 13.0 Å². The van der Waals surface area contributed by atoms with Crippen LogP contribution in [0.5, 0.6) is 5.88 Å². The molecule has 1 aromatic carbocycles. The van der Waals surface area contributed by atoms with Crippen LogP contribution in [0, 0.1) is 0 Å². The number of carboxylic acids is 1. The smallest absolute Gasteiger partial charge is 1.00 e. The Balaban J connectivity index is 0.00000272. The Morgan fingerprint density at radius 2 is 2.03 bits per heavy atom. The number of aromatic carboxylic acids is 1. The third kappa shape index (κ3) is 6.30. The molecule has 0 atom stereocenters. The van der Waals surface area contributed by atoms with E-state index < -0.39 is 11.9 Å². The standard InChI is InChI=1S/C20H22N6O5.Li.H/c1-25-12-15(18(24-25)20(29)30)22-19(28)14-5-2-4-13(10-14)11-26-17(27)7-6-16(23-26)31-9-3-8-21;;/h2,4-7,10,12H,3,8-9,11,21H2,1H3,(H,22,28)(H,29,30);;/q;+1;-1. The van der Waals surface area contributed by atoms with E-state index in [1.165, 1.54) is 27.7 Å². The largest absolute Gasteiger partial charge is 1.00 e. The maximum Gasteiger partial charge on any atom is 1.00 e.